The average molecular weight is 376 g/mol. The number of hydrogen-bond donors (Lipinski definition) is 2. The fourth-order valence-corrected chi connectivity index (χ4v) is 3.34. The van der Waals surface area contributed by atoms with Crippen molar-refractivity contribution in [2.24, 2.45) is 0 Å². The van der Waals surface area contributed by atoms with Gasteiger partial charge in [-0.1, -0.05) is 24.3 Å². The van der Waals surface area contributed by atoms with Gasteiger partial charge in [-0.25, -0.2) is 14.8 Å². The Kier molecular flexibility index (Phi) is 5.51. The Morgan fingerprint density at radius 2 is 1.21 bits per heavy atom. The lowest BCUT2D eigenvalue weighted by Gasteiger charge is -2.09. The number of hydrogen-bond acceptors (Lipinski definition) is 3. The molecule has 0 bridgehead atoms. The molecule has 0 radical (unpaired) electrons. The van der Waals surface area contributed by atoms with E-state index < -0.39 is 0 Å². The molecule has 2 amide bonds. The van der Waals surface area contributed by atoms with Gasteiger partial charge in [-0.05, 0) is 37.1 Å². The van der Waals surface area contributed by atoms with E-state index in [-0.39, 0.29) is 6.03 Å². The van der Waals surface area contributed by atoms with Crippen LogP contribution in [0.5, 0.6) is 0 Å². The normalized spacial score (nSPS) is 11.1. The molecule has 0 unspecified atom stereocenters. The van der Waals surface area contributed by atoms with E-state index >= 15 is 0 Å². The highest BCUT2D eigenvalue weighted by molar-refractivity contribution is 5.75. The molecule has 2 heterocycles. The summed E-state index contributed by atoms with van der Waals surface area (Å²) in [7, 11) is 0. The topological polar surface area (TPSA) is 76.8 Å². The molecule has 2 N–H and O–H groups in total. The van der Waals surface area contributed by atoms with Crippen LogP contribution in [0.4, 0.5) is 4.79 Å². The number of imidazole rings is 2. The summed E-state index contributed by atoms with van der Waals surface area (Å²) in [5, 5.41) is 5.83. The van der Waals surface area contributed by atoms with Gasteiger partial charge in [0.15, 0.2) is 0 Å². The number of carbonyl (C=O) groups excluding carboxylic acids is 1. The van der Waals surface area contributed by atoms with Crippen molar-refractivity contribution in [3.8, 4) is 0 Å². The average Bonchev–Trinajstić information content (AvgIpc) is 3.33. The van der Waals surface area contributed by atoms with Gasteiger partial charge in [0.05, 0.1) is 34.7 Å². The minimum atomic E-state index is -0.119. The number of aromatic nitrogens is 4. The lowest BCUT2D eigenvalue weighted by atomic mass is 10.3. The summed E-state index contributed by atoms with van der Waals surface area (Å²) in [6.07, 6.45) is 5.42. The Hall–Kier alpha value is -3.35. The van der Waals surface area contributed by atoms with E-state index in [1.54, 1.807) is 0 Å². The number of aryl methyl sites for hydroxylation is 2. The molecule has 4 rings (SSSR count). The van der Waals surface area contributed by atoms with Gasteiger partial charge >= 0.3 is 6.03 Å². The lowest BCUT2D eigenvalue weighted by molar-refractivity contribution is 0.240. The number of nitrogens with zero attached hydrogens (tertiary/aromatic N) is 4. The Morgan fingerprint density at radius 3 is 1.71 bits per heavy atom. The largest absolute Gasteiger partial charge is 0.338 e. The minimum absolute atomic E-state index is 0.119. The molecule has 0 saturated carbocycles. The number of fused-ring (bicyclic) bond motifs is 2. The second-order valence-electron chi connectivity index (χ2n) is 6.74. The van der Waals surface area contributed by atoms with Gasteiger partial charge in [-0.2, -0.15) is 0 Å². The molecule has 0 aliphatic heterocycles. The molecule has 28 heavy (non-hydrogen) atoms. The van der Waals surface area contributed by atoms with E-state index in [9.17, 15) is 4.79 Å². The van der Waals surface area contributed by atoms with E-state index in [0.717, 1.165) is 48.0 Å². The summed E-state index contributed by atoms with van der Waals surface area (Å²) in [5.41, 5.74) is 4.25. The molecule has 144 valence electrons. The highest BCUT2D eigenvalue weighted by Gasteiger charge is 2.04. The molecule has 0 spiro atoms. The monoisotopic (exact) mass is 376 g/mol. The first-order chi connectivity index (χ1) is 13.8. The van der Waals surface area contributed by atoms with Gasteiger partial charge in [0.2, 0.25) is 0 Å². The predicted molar refractivity (Wildman–Crippen MR) is 110 cm³/mol. The highest BCUT2D eigenvalue weighted by atomic mass is 16.2. The summed E-state index contributed by atoms with van der Waals surface area (Å²) in [5.74, 6) is 0. The first-order valence-corrected chi connectivity index (χ1v) is 9.63. The van der Waals surface area contributed by atoms with Crippen molar-refractivity contribution >= 4 is 28.1 Å². The zero-order valence-corrected chi connectivity index (χ0v) is 15.7. The number of benzene rings is 2. The smallest absolute Gasteiger partial charge is 0.314 e. The summed E-state index contributed by atoms with van der Waals surface area (Å²) in [6, 6.07) is 16.0. The maximum Gasteiger partial charge on any atom is 0.314 e. The molecule has 0 aliphatic rings. The van der Waals surface area contributed by atoms with Crippen molar-refractivity contribution < 1.29 is 4.79 Å². The molecule has 2 aromatic heterocycles. The van der Waals surface area contributed by atoms with E-state index in [1.165, 1.54) is 0 Å². The fraction of sp³-hybridized carbons (Fsp3) is 0.286. The quantitative estimate of drug-likeness (QED) is 0.464. The van der Waals surface area contributed by atoms with Crippen LogP contribution in [-0.4, -0.2) is 38.2 Å². The van der Waals surface area contributed by atoms with Crippen molar-refractivity contribution in [1.29, 1.82) is 0 Å². The van der Waals surface area contributed by atoms with E-state index in [2.05, 4.69) is 41.9 Å². The van der Waals surface area contributed by atoms with Crippen LogP contribution in [0.15, 0.2) is 61.2 Å². The molecular formula is C21H24N6O. The third-order valence-electron chi connectivity index (χ3n) is 4.78. The van der Waals surface area contributed by atoms with Gasteiger partial charge in [0.25, 0.3) is 0 Å². The van der Waals surface area contributed by atoms with Gasteiger partial charge in [0, 0.05) is 26.2 Å². The SMILES string of the molecule is O=C(NCCCn1cnc2ccccc21)NCCCn1cnc2ccccc21. The molecule has 0 saturated heterocycles. The van der Waals surface area contributed by atoms with Crippen molar-refractivity contribution in [3.63, 3.8) is 0 Å². The maximum atomic E-state index is 11.9. The molecule has 0 aliphatic carbocycles. The van der Waals surface area contributed by atoms with Gasteiger partial charge in [-0.15, -0.1) is 0 Å². The Labute approximate surface area is 163 Å². The van der Waals surface area contributed by atoms with Crippen LogP contribution in [-0.2, 0) is 13.1 Å². The minimum Gasteiger partial charge on any atom is -0.338 e. The molecular weight excluding hydrogens is 352 g/mol. The van der Waals surface area contributed by atoms with Crippen LogP contribution < -0.4 is 10.6 Å². The van der Waals surface area contributed by atoms with Crippen LogP contribution in [0.2, 0.25) is 0 Å². The van der Waals surface area contributed by atoms with E-state index in [4.69, 9.17) is 0 Å². The summed E-state index contributed by atoms with van der Waals surface area (Å²) >= 11 is 0. The van der Waals surface area contributed by atoms with Crippen LogP contribution >= 0.6 is 0 Å². The highest BCUT2D eigenvalue weighted by Crippen LogP contribution is 2.12. The van der Waals surface area contributed by atoms with Crippen molar-refractivity contribution in [1.82, 2.24) is 29.7 Å². The van der Waals surface area contributed by atoms with Crippen LogP contribution in [0.25, 0.3) is 22.1 Å². The standard InChI is InChI=1S/C21H24N6O/c28-21(22-11-5-13-26-15-24-17-7-1-3-9-19(17)26)23-12-6-14-27-16-25-18-8-2-4-10-20(18)27/h1-4,7-10,15-16H,5-6,11-14H2,(H2,22,23,28). The molecule has 0 atom stereocenters. The molecule has 4 aromatic rings. The Bertz CT molecular complexity index is 983. The Balaban J connectivity index is 1.13. The van der Waals surface area contributed by atoms with Crippen molar-refractivity contribution in [2.45, 2.75) is 25.9 Å². The first kappa shape index (κ1) is 18.0. The van der Waals surface area contributed by atoms with Crippen molar-refractivity contribution in [3.05, 3.63) is 61.2 Å². The number of amides is 2. The van der Waals surface area contributed by atoms with Crippen molar-refractivity contribution in [2.75, 3.05) is 13.1 Å². The van der Waals surface area contributed by atoms with Gasteiger partial charge < -0.3 is 19.8 Å². The second-order valence-corrected chi connectivity index (χ2v) is 6.74. The zero-order chi connectivity index (χ0) is 19.2. The second kappa shape index (κ2) is 8.56. The third kappa shape index (κ3) is 4.14. The zero-order valence-electron chi connectivity index (χ0n) is 15.7. The third-order valence-corrected chi connectivity index (χ3v) is 4.78. The number of rotatable bonds is 8. The van der Waals surface area contributed by atoms with Crippen LogP contribution in [0.1, 0.15) is 12.8 Å². The summed E-state index contributed by atoms with van der Waals surface area (Å²) in [6.45, 7) is 2.91. The Morgan fingerprint density at radius 1 is 0.750 bits per heavy atom. The molecule has 2 aromatic carbocycles. The fourth-order valence-electron chi connectivity index (χ4n) is 3.34. The molecule has 0 fully saturated rings. The van der Waals surface area contributed by atoms with E-state index in [1.807, 2.05) is 49.1 Å². The van der Waals surface area contributed by atoms with Crippen LogP contribution in [0.3, 0.4) is 0 Å². The number of carbonyl (C=O) groups is 1. The summed E-state index contributed by atoms with van der Waals surface area (Å²) in [4.78, 5) is 20.7. The van der Waals surface area contributed by atoms with Gasteiger partial charge in [0.1, 0.15) is 0 Å². The number of para-hydroxylation sites is 4. The van der Waals surface area contributed by atoms with Gasteiger partial charge in [-0.3, -0.25) is 0 Å². The van der Waals surface area contributed by atoms with Crippen LogP contribution in [0, 0.1) is 0 Å². The first-order valence-electron chi connectivity index (χ1n) is 9.63. The summed E-state index contributed by atoms with van der Waals surface area (Å²) < 4.78 is 4.23. The van der Waals surface area contributed by atoms with E-state index in [0.29, 0.717) is 13.1 Å². The maximum absolute atomic E-state index is 11.9. The number of nitrogens with one attached hydrogen (secondary N) is 2. The number of urea groups is 1. The lowest BCUT2D eigenvalue weighted by Crippen LogP contribution is -2.37. The predicted octanol–water partition coefficient (Wildman–Crippen LogP) is 3.17. The molecule has 7 nitrogen and oxygen atoms in total. The molecule has 7 heteroatoms.